The van der Waals surface area contributed by atoms with Crippen LogP contribution in [0.15, 0.2) is 35.3 Å². The molecule has 0 unspecified atom stereocenters. The SMILES string of the molecule is C=CCCOCc1cc(Br)ccc1OC. The number of ether oxygens (including phenoxy) is 2. The van der Waals surface area contributed by atoms with Gasteiger partial charge in [-0.15, -0.1) is 6.58 Å². The van der Waals surface area contributed by atoms with Crippen molar-refractivity contribution in [2.75, 3.05) is 13.7 Å². The van der Waals surface area contributed by atoms with E-state index < -0.39 is 0 Å². The van der Waals surface area contributed by atoms with E-state index >= 15 is 0 Å². The van der Waals surface area contributed by atoms with Gasteiger partial charge in [0.25, 0.3) is 0 Å². The van der Waals surface area contributed by atoms with Crippen LogP contribution in [0.4, 0.5) is 0 Å². The second kappa shape index (κ2) is 6.64. The Hall–Kier alpha value is -0.800. The Morgan fingerprint density at radius 2 is 2.27 bits per heavy atom. The van der Waals surface area contributed by atoms with Crippen molar-refractivity contribution in [1.82, 2.24) is 0 Å². The fraction of sp³-hybridized carbons (Fsp3) is 0.333. The van der Waals surface area contributed by atoms with E-state index in [1.165, 1.54) is 0 Å². The monoisotopic (exact) mass is 270 g/mol. The molecule has 0 heterocycles. The van der Waals surface area contributed by atoms with E-state index in [-0.39, 0.29) is 0 Å². The van der Waals surface area contributed by atoms with Crippen molar-refractivity contribution < 1.29 is 9.47 Å². The second-order valence-corrected chi connectivity index (χ2v) is 4.00. The van der Waals surface area contributed by atoms with Crippen molar-refractivity contribution in [3.8, 4) is 5.75 Å². The maximum absolute atomic E-state index is 5.49. The van der Waals surface area contributed by atoms with Gasteiger partial charge >= 0.3 is 0 Å². The molecular weight excluding hydrogens is 256 g/mol. The fourth-order valence-electron chi connectivity index (χ4n) is 1.21. The molecule has 1 rings (SSSR count). The van der Waals surface area contributed by atoms with Crippen LogP contribution in [0.2, 0.25) is 0 Å². The molecule has 15 heavy (non-hydrogen) atoms. The van der Waals surface area contributed by atoms with Crippen molar-refractivity contribution >= 4 is 15.9 Å². The summed E-state index contributed by atoms with van der Waals surface area (Å²) in [4.78, 5) is 0. The first kappa shape index (κ1) is 12.3. The summed E-state index contributed by atoms with van der Waals surface area (Å²) in [6, 6.07) is 5.88. The van der Waals surface area contributed by atoms with Gasteiger partial charge in [0.2, 0.25) is 0 Å². The van der Waals surface area contributed by atoms with Gasteiger partial charge in [-0.1, -0.05) is 22.0 Å². The Balaban J connectivity index is 2.57. The summed E-state index contributed by atoms with van der Waals surface area (Å²) >= 11 is 3.42. The molecule has 0 aromatic heterocycles. The number of hydrogen-bond donors (Lipinski definition) is 0. The molecule has 0 aliphatic rings. The highest BCUT2D eigenvalue weighted by Gasteiger charge is 2.03. The summed E-state index contributed by atoms with van der Waals surface area (Å²) in [5, 5.41) is 0. The number of benzene rings is 1. The van der Waals surface area contributed by atoms with E-state index in [1.54, 1.807) is 7.11 Å². The first-order valence-corrected chi connectivity index (χ1v) is 5.58. The number of halogens is 1. The predicted molar refractivity (Wildman–Crippen MR) is 65.2 cm³/mol. The van der Waals surface area contributed by atoms with Crippen LogP contribution in [-0.4, -0.2) is 13.7 Å². The van der Waals surface area contributed by atoms with Crippen LogP contribution in [-0.2, 0) is 11.3 Å². The molecule has 0 saturated carbocycles. The second-order valence-electron chi connectivity index (χ2n) is 3.09. The third-order valence-corrected chi connectivity index (χ3v) is 2.46. The van der Waals surface area contributed by atoms with Gasteiger partial charge in [-0.2, -0.15) is 0 Å². The zero-order valence-electron chi connectivity index (χ0n) is 8.83. The zero-order chi connectivity index (χ0) is 11.1. The topological polar surface area (TPSA) is 18.5 Å². The van der Waals surface area contributed by atoms with Gasteiger partial charge in [-0.3, -0.25) is 0 Å². The standard InChI is InChI=1S/C12H15BrO2/c1-3-4-7-15-9-10-8-11(13)5-6-12(10)14-2/h3,5-6,8H,1,4,7,9H2,2H3. The van der Waals surface area contributed by atoms with E-state index in [4.69, 9.17) is 9.47 Å². The number of hydrogen-bond acceptors (Lipinski definition) is 2. The minimum Gasteiger partial charge on any atom is -0.496 e. The molecule has 0 atom stereocenters. The zero-order valence-corrected chi connectivity index (χ0v) is 10.4. The summed E-state index contributed by atoms with van der Waals surface area (Å²) in [5.74, 6) is 0.858. The Kier molecular flexibility index (Phi) is 5.43. The minimum atomic E-state index is 0.566. The molecule has 2 nitrogen and oxygen atoms in total. The Labute approximate surface area is 99.0 Å². The van der Waals surface area contributed by atoms with Gasteiger partial charge in [0, 0.05) is 10.0 Å². The molecule has 0 spiro atoms. The largest absolute Gasteiger partial charge is 0.496 e. The van der Waals surface area contributed by atoms with Crippen LogP contribution in [0, 0.1) is 0 Å². The average molecular weight is 271 g/mol. The molecule has 82 valence electrons. The fourth-order valence-corrected chi connectivity index (χ4v) is 1.62. The number of methoxy groups -OCH3 is 1. The van der Waals surface area contributed by atoms with Crippen molar-refractivity contribution in [3.63, 3.8) is 0 Å². The van der Waals surface area contributed by atoms with Crippen molar-refractivity contribution in [2.24, 2.45) is 0 Å². The third-order valence-electron chi connectivity index (χ3n) is 1.97. The predicted octanol–water partition coefficient (Wildman–Crippen LogP) is 3.55. The van der Waals surface area contributed by atoms with Crippen LogP contribution in [0.3, 0.4) is 0 Å². The highest BCUT2D eigenvalue weighted by Crippen LogP contribution is 2.23. The summed E-state index contributed by atoms with van der Waals surface area (Å²) < 4.78 is 11.8. The molecule has 0 fully saturated rings. The Bertz CT molecular complexity index is 323. The quantitative estimate of drug-likeness (QED) is 0.582. The highest BCUT2D eigenvalue weighted by molar-refractivity contribution is 9.10. The van der Waals surface area contributed by atoms with E-state index in [9.17, 15) is 0 Å². The van der Waals surface area contributed by atoms with E-state index in [0.717, 1.165) is 22.2 Å². The van der Waals surface area contributed by atoms with Gasteiger partial charge in [0.1, 0.15) is 5.75 Å². The molecule has 3 heteroatoms. The van der Waals surface area contributed by atoms with Crippen LogP contribution in [0.5, 0.6) is 5.75 Å². The average Bonchev–Trinajstić information content (AvgIpc) is 2.25. The lowest BCUT2D eigenvalue weighted by Gasteiger charge is -2.09. The highest BCUT2D eigenvalue weighted by atomic mass is 79.9. The van der Waals surface area contributed by atoms with Crippen LogP contribution in [0.25, 0.3) is 0 Å². The Morgan fingerprint density at radius 1 is 1.47 bits per heavy atom. The molecule has 1 aromatic rings. The van der Waals surface area contributed by atoms with Gasteiger partial charge in [-0.05, 0) is 24.6 Å². The molecule has 0 N–H and O–H groups in total. The lowest BCUT2D eigenvalue weighted by atomic mass is 10.2. The van der Waals surface area contributed by atoms with Crippen LogP contribution in [0.1, 0.15) is 12.0 Å². The third kappa shape index (κ3) is 4.06. The summed E-state index contributed by atoms with van der Waals surface area (Å²) in [5.41, 5.74) is 1.05. The lowest BCUT2D eigenvalue weighted by Crippen LogP contribution is -1.97. The van der Waals surface area contributed by atoms with Crippen molar-refractivity contribution in [1.29, 1.82) is 0 Å². The summed E-state index contributed by atoms with van der Waals surface area (Å²) in [6.45, 7) is 4.90. The van der Waals surface area contributed by atoms with E-state index in [0.29, 0.717) is 13.2 Å². The van der Waals surface area contributed by atoms with Gasteiger partial charge in [-0.25, -0.2) is 0 Å². The van der Waals surface area contributed by atoms with Gasteiger partial charge in [0.15, 0.2) is 0 Å². The first-order valence-electron chi connectivity index (χ1n) is 4.79. The van der Waals surface area contributed by atoms with Crippen molar-refractivity contribution in [3.05, 3.63) is 40.9 Å². The van der Waals surface area contributed by atoms with E-state index in [1.807, 2.05) is 24.3 Å². The minimum absolute atomic E-state index is 0.566. The molecule has 0 aliphatic carbocycles. The van der Waals surface area contributed by atoms with Gasteiger partial charge in [0.05, 0.1) is 20.3 Å². The molecule has 0 amide bonds. The molecule has 0 bridgehead atoms. The summed E-state index contributed by atoms with van der Waals surface area (Å²) in [7, 11) is 1.66. The maximum atomic E-state index is 5.49. The molecule has 0 radical (unpaired) electrons. The molecule has 0 saturated heterocycles. The molecule has 1 aromatic carbocycles. The molecular formula is C12H15BrO2. The lowest BCUT2D eigenvalue weighted by molar-refractivity contribution is 0.123. The smallest absolute Gasteiger partial charge is 0.124 e. The van der Waals surface area contributed by atoms with E-state index in [2.05, 4.69) is 22.5 Å². The summed E-state index contributed by atoms with van der Waals surface area (Å²) in [6.07, 6.45) is 2.72. The van der Waals surface area contributed by atoms with Crippen LogP contribution >= 0.6 is 15.9 Å². The van der Waals surface area contributed by atoms with Crippen LogP contribution < -0.4 is 4.74 Å². The van der Waals surface area contributed by atoms with Crippen molar-refractivity contribution in [2.45, 2.75) is 13.0 Å². The number of rotatable bonds is 6. The normalized spacial score (nSPS) is 10.0. The Morgan fingerprint density at radius 3 is 2.93 bits per heavy atom. The molecule has 0 aliphatic heterocycles. The van der Waals surface area contributed by atoms with Gasteiger partial charge < -0.3 is 9.47 Å². The first-order chi connectivity index (χ1) is 7.27. The maximum Gasteiger partial charge on any atom is 0.124 e.